The predicted molar refractivity (Wildman–Crippen MR) is 72.2 cm³/mol. The molecular weight excluding hydrogens is 375 g/mol. The topological polar surface area (TPSA) is 9.23 Å². The van der Waals surface area contributed by atoms with Crippen molar-refractivity contribution in [1.82, 2.24) is 0 Å². The summed E-state index contributed by atoms with van der Waals surface area (Å²) in [4.78, 5) is 0. The SMILES string of the molecule is C[SiH](C)O[Si](CCC(F)(F)F)(CCC(F)(F)F)CCC(F)(F)F. The van der Waals surface area contributed by atoms with Gasteiger partial charge < -0.3 is 4.12 Å². The van der Waals surface area contributed by atoms with Gasteiger partial charge in [0.2, 0.25) is 0 Å². The van der Waals surface area contributed by atoms with E-state index in [0.29, 0.717) is 0 Å². The Kier molecular flexibility index (Phi) is 8.15. The number of rotatable bonds is 8. The van der Waals surface area contributed by atoms with Crippen molar-refractivity contribution < 1.29 is 43.6 Å². The van der Waals surface area contributed by atoms with Gasteiger partial charge in [0.1, 0.15) is 0 Å². The van der Waals surface area contributed by atoms with Gasteiger partial charge in [-0.1, -0.05) is 0 Å². The Bertz CT molecular complexity index is 303. The van der Waals surface area contributed by atoms with E-state index in [0.717, 1.165) is 0 Å². The van der Waals surface area contributed by atoms with Gasteiger partial charge in [0.15, 0.2) is 17.4 Å². The van der Waals surface area contributed by atoms with E-state index in [2.05, 4.69) is 0 Å². The third kappa shape index (κ3) is 12.8. The van der Waals surface area contributed by atoms with E-state index in [1.807, 2.05) is 0 Å². The first-order chi connectivity index (χ1) is 10.0. The normalized spacial score (nSPS) is 14.6. The summed E-state index contributed by atoms with van der Waals surface area (Å²) in [6.07, 6.45) is -18.2. The zero-order valence-corrected chi connectivity index (χ0v) is 14.8. The molecule has 0 saturated heterocycles. The minimum atomic E-state index is -4.64. The van der Waals surface area contributed by atoms with Crippen LogP contribution in [-0.4, -0.2) is 35.9 Å². The molecule has 0 heterocycles. The van der Waals surface area contributed by atoms with Gasteiger partial charge in [0.05, 0.1) is 0 Å². The van der Waals surface area contributed by atoms with Crippen molar-refractivity contribution in [2.24, 2.45) is 0 Å². The lowest BCUT2D eigenvalue weighted by Crippen LogP contribution is -2.44. The third-order valence-electron chi connectivity index (χ3n) is 3.08. The van der Waals surface area contributed by atoms with Gasteiger partial charge in [-0.3, -0.25) is 0 Å². The molecule has 0 saturated carbocycles. The molecule has 0 spiro atoms. The van der Waals surface area contributed by atoms with Crippen LogP contribution in [0.3, 0.4) is 0 Å². The van der Waals surface area contributed by atoms with E-state index in [9.17, 15) is 39.5 Å². The van der Waals surface area contributed by atoms with Crippen molar-refractivity contribution in [3.05, 3.63) is 0 Å². The van der Waals surface area contributed by atoms with Crippen LogP contribution in [0.1, 0.15) is 19.3 Å². The molecule has 0 aromatic rings. The molecule has 12 heteroatoms. The Labute approximate surface area is 131 Å². The highest BCUT2D eigenvalue weighted by Gasteiger charge is 2.45. The van der Waals surface area contributed by atoms with Gasteiger partial charge in [-0.2, -0.15) is 39.5 Å². The molecule has 1 nitrogen and oxygen atoms in total. The summed E-state index contributed by atoms with van der Waals surface area (Å²) in [5, 5.41) is 0. The summed E-state index contributed by atoms with van der Waals surface area (Å²) in [6.45, 7) is 3.05. The number of hydrogen-bond acceptors (Lipinski definition) is 1. The summed E-state index contributed by atoms with van der Waals surface area (Å²) in [7, 11) is -5.88. The highest BCUT2D eigenvalue weighted by Crippen LogP contribution is 2.38. The van der Waals surface area contributed by atoms with Crippen LogP contribution >= 0.6 is 0 Å². The van der Waals surface area contributed by atoms with Crippen LogP contribution in [0.2, 0.25) is 31.2 Å². The Morgan fingerprint density at radius 1 is 0.652 bits per heavy atom. The fourth-order valence-corrected chi connectivity index (χ4v) is 10.5. The van der Waals surface area contributed by atoms with Gasteiger partial charge in [-0.15, -0.1) is 0 Å². The lowest BCUT2D eigenvalue weighted by atomic mass is 10.5. The molecular formula is C11H19F9OSi2. The first-order valence-corrected chi connectivity index (χ1v) is 12.2. The molecule has 0 amide bonds. The molecule has 0 N–H and O–H groups in total. The highest BCUT2D eigenvalue weighted by molar-refractivity contribution is 6.79. The van der Waals surface area contributed by atoms with Crippen LogP contribution in [-0.2, 0) is 4.12 Å². The fourth-order valence-electron chi connectivity index (χ4n) is 2.16. The summed E-state index contributed by atoms with van der Waals surface area (Å²) in [5.74, 6) is 0. The Morgan fingerprint density at radius 2 is 0.913 bits per heavy atom. The molecule has 0 fully saturated rings. The summed E-state index contributed by atoms with van der Waals surface area (Å²) in [6, 6.07) is -2.31. The van der Waals surface area contributed by atoms with Crippen LogP contribution < -0.4 is 0 Å². The maximum absolute atomic E-state index is 12.4. The molecule has 23 heavy (non-hydrogen) atoms. The van der Waals surface area contributed by atoms with E-state index in [1.54, 1.807) is 0 Å². The maximum atomic E-state index is 12.4. The third-order valence-corrected chi connectivity index (χ3v) is 10.4. The quantitative estimate of drug-likeness (QED) is 0.374. The lowest BCUT2D eigenvalue weighted by molar-refractivity contribution is -0.133. The molecule has 0 rings (SSSR count). The lowest BCUT2D eigenvalue weighted by Gasteiger charge is -2.35. The molecule has 0 aromatic carbocycles. The summed E-state index contributed by atoms with van der Waals surface area (Å²) >= 11 is 0. The molecule has 0 radical (unpaired) electrons. The second kappa shape index (κ2) is 8.23. The molecule has 140 valence electrons. The first-order valence-electron chi connectivity index (χ1n) is 6.92. The fraction of sp³-hybridized carbons (Fsp3) is 1.00. The zero-order chi connectivity index (χ0) is 18.5. The predicted octanol–water partition coefficient (Wildman–Crippen LogP) is 5.79. The van der Waals surface area contributed by atoms with Crippen LogP contribution in [0, 0.1) is 0 Å². The van der Waals surface area contributed by atoms with Crippen molar-refractivity contribution >= 4 is 17.4 Å². The van der Waals surface area contributed by atoms with E-state index < -0.39 is 73.3 Å². The Hall–Kier alpha value is -0.236. The van der Waals surface area contributed by atoms with Crippen molar-refractivity contribution in [2.75, 3.05) is 0 Å². The second-order valence-electron chi connectivity index (χ2n) is 5.70. The maximum Gasteiger partial charge on any atom is 0.388 e. The number of alkyl halides is 9. The van der Waals surface area contributed by atoms with Crippen LogP contribution in [0.15, 0.2) is 0 Å². The molecule has 0 aromatic heterocycles. The van der Waals surface area contributed by atoms with Gasteiger partial charge in [-0.05, 0) is 31.2 Å². The van der Waals surface area contributed by atoms with Gasteiger partial charge in [0.25, 0.3) is 0 Å². The van der Waals surface area contributed by atoms with Crippen molar-refractivity contribution in [2.45, 2.75) is 69.0 Å². The monoisotopic (exact) mass is 394 g/mol. The van der Waals surface area contributed by atoms with Crippen molar-refractivity contribution in [3.63, 3.8) is 0 Å². The highest BCUT2D eigenvalue weighted by atomic mass is 28.4. The van der Waals surface area contributed by atoms with E-state index in [1.165, 1.54) is 13.1 Å². The van der Waals surface area contributed by atoms with Gasteiger partial charge in [-0.25, -0.2) is 0 Å². The number of hydrogen-bond donors (Lipinski definition) is 0. The smallest absolute Gasteiger partial charge is 0.388 e. The van der Waals surface area contributed by atoms with Crippen LogP contribution in [0.25, 0.3) is 0 Å². The molecule has 0 atom stereocenters. The molecule has 0 aliphatic rings. The average molecular weight is 394 g/mol. The van der Waals surface area contributed by atoms with E-state index in [-0.39, 0.29) is 0 Å². The van der Waals surface area contributed by atoms with Crippen molar-refractivity contribution in [3.8, 4) is 0 Å². The standard InChI is InChI=1S/C11H19F9OSi2/c1-22(2)21-23(6-3-9(12,13)14,7-4-10(15,16)17)8-5-11(18,19)20/h22H,3-8H2,1-2H3. The molecule has 0 aliphatic heterocycles. The average Bonchev–Trinajstić information content (AvgIpc) is 2.27. The molecule has 0 bridgehead atoms. The number of halogens is 9. The van der Waals surface area contributed by atoms with E-state index in [4.69, 9.17) is 4.12 Å². The van der Waals surface area contributed by atoms with Crippen molar-refractivity contribution in [1.29, 1.82) is 0 Å². The molecule has 0 unspecified atom stereocenters. The van der Waals surface area contributed by atoms with Crippen LogP contribution in [0.4, 0.5) is 39.5 Å². The van der Waals surface area contributed by atoms with E-state index >= 15 is 0 Å². The minimum absolute atomic E-state index is 0.770. The van der Waals surface area contributed by atoms with Gasteiger partial charge >= 0.3 is 18.5 Å². The first kappa shape index (κ1) is 22.8. The minimum Gasteiger partial charge on any atom is -0.458 e. The van der Waals surface area contributed by atoms with Crippen LogP contribution in [0.5, 0.6) is 0 Å². The summed E-state index contributed by atoms with van der Waals surface area (Å²) in [5.41, 5.74) is 0. The Morgan fingerprint density at radius 3 is 1.09 bits per heavy atom. The Balaban J connectivity index is 5.25. The summed E-state index contributed by atoms with van der Waals surface area (Å²) < 4.78 is 117. The second-order valence-corrected chi connectivity index (χ2v) is 12.6. The largest absolute Gasteiger partial charge is 0.458 e. The molecule has 0 aliphatic carbocycles. The van der Waals surface area contributed by atoms with Gasteiger partial charge in [0, 0.05) is 19.3 Å². The zero-order valence-electron chi connectivity index (χ0n) is 12.6.